The number of nitrogens with zero attached hydrogens (tertiary/aromatic N) is 1. The molecule has 6 nitrogen and oxygen atoms in total. The van der Waals surface area contributed by atoms with E-state index in [2.05, 4.69) is 15.8 Å². The first-order chi connectivity index (χ1) is 14.5. The summed E-state index contributed by atoms with van der Waals surface area (Å²) in [6.07, 6.45) is 7.77. The van der Waals surface area contributed by atoms with Crippen molar-refractivity contribution in [1.82, 2.24) is 10.7 Å². The molecule has 0 aliphatic heterocycles. The molecule has 1 heterocycles. The molecule has 4 rings (SSSR count). The molecule has 1 saturated carbocycles. The van der Waals surface area contributed by atoms with Crippen molar-refractivity contribution in [2.24, 2.45) is 5.10 Å². The van der Waals surface area contributed by atoms with Gasteiger partial charge in [-0.15, -0.1) is 0 Å². The van der Waals surface area contributed by atoms with E-state index in [1.807, 2.05) is 6.92 Å². The highest BCUT2D eigenvalue weighted by molar-refractivity contribution is 6.07. The number of fused-ring (bicyclic) bond motifs is 1. The molecule has 30 heavy (non-hydrogen) atoms. The molecule has 1 fully saturated rings. The molecule has 0 spiro atoms. The average molecular weight is 411 g/mol. The molecular formula is C23H26FN3O3. The monoisotopic (exact) mass is 411 g/mol. The fourth-order valence-electron chi connectivity index (χ4n) is 4.28. The molecule has 0 radical (unpaired) electrons. The van der Waals surface area contributed by atoms with E-state index in [1.165, 1.54) is 30.7 Å². The Labute approximate surface area is 174 Å². The van der Waals surface area contributed by atoms with Crippen LogP contribution in [0.25, 0.3) is 0 Å². The van der Waals surface area contributed by atoms with Crippen LogP contribution in [0.3, 0.4) is 0 Å². The third kappa shape index (κ3) is 4.30. The Morgan fingerprint density at radius 3 is 2.50 bits per heavy atom. The maximum absolute atomic E-state index is 13.0. The largest absolute Gasteiger partial charge is 0.455 e. The van der Waals surface area contributed by atoms with E-state index in [0.717, 1.165) is 55.4 Å². The van der Waals surface area contributed by atoms with E-state index in [1.54, 1.807) is 0 Å². The second kappa shape index (κ2) is 8.81. The number of benzene rings is 1. The summed E-state index contributed by atoms with van der Waals surface area (Å²) in [4.78, 5) is 25.1. The van der Waals surface area contributed by atoms with Gasteiger partial charge in [0, 0.05) is 29.2 Å². The van der Waals surface area contributed by atoms with Gasteiger partial charge in [0.05, 0.1) is 5.71 Å². The summed E-state index contributed by atoms with van der Waals surface area (Å²) >= 11 is 0. The second-order valence-corrected chi connectivity index (χ2v) is 8.02. The molecule has 7 heteroatoms. The minimum absolute atomic E-state index is 0.177. The molecule has 158 valence electrons. The van der Waals surface area contributed by atoms with Gasteiger partial charge in [0.15, 0.2) is 5.76 Å². The standard InChI is InChI=1S/C23H26FN3O3/c1-14-20-18(26-27-22(28)15-10-12-16(24)13-11-15)8-5-9-19(20)30-21(14)23(29)25-17-6-3-2-4-7-17/h10-13,17H,2-9H2,1H3,(H,25,29)(H,27,28)/b26-18+. The number of carbonyl (C=O) groups is 2. The first kappa shape index (κ1) is 20.3. The van der Waals surface area contributed by atoms with Gasteiger partial charge in [-0.3, -0.25) is 9.59 Å². The maximum Gasteiger partial charge on any atom is 0.287 e. The smallest absolute Gasteiger partial charge is 0.287 e. The van der Waals surface area contributed by atoms with E-state index in [0.29, 0.717) is 23.5 Å². The van der Waals surface area contributed by atoms with Crippen molar-refractivity contribution >= 4 is 17.5 Å². The summed E-state index contributed by atoms with van der Waals surface area (Å²) in [5.41, 5.74) is 5.14. The highest BCUT2D eigenvalue weighted by atomic mass is 19.1. The van der Waals surface area contributed by atoms with Gasteiger partial charge in [0.1, 0.15) is 11.6 Å². The van der Waals surface area contributed by atoms with Gasteiger partial charge in [-0.05, 0) is 56.9 Å². The molecular weight excluding hydrogens is 385 g/mol. The molecule has 2 aliphatic carbocycles. The molecule has 1 aromatic heterocycles. The van der Waals surface area contributed by atoms with E-state index in [4.69, 9.17) is 4.42 Å². The van der Waals surface area contributed by atoms with Crippen LogP contribution in [0.2, 0.25) is 0 Å². The number of amides is 2. The maximum atomic E-state index is 13.0. The Balaban J connectivity index is 1.51. The van der Waals surface area contributed by atoms with Gasteiger partial charge in [-0.25, -0.2) is 9.82 Å². The van der Waals surface area contributed by atoms with Gasteiger partial charge in [-0.1, -0.05) is 19.3 Å². The number of carbonyl (C=O) groups excluding carboxylic acids is 2. The minimum Gasteiger partial charge on any atom is -0.455 e. The van der Waals surface area contributed by atoms with Crippen LogP contribution in [0, 0.1) is 12.7 Å². The van der Waals surface area contributed by atoms with Crippen molar-refractivity contribution in [2.45, 2.75) is 64.3 Å². The van der Waals surface area contributed by atoms with E-state index in [-0.39, 0.29) is 11.9 Å². The van der Waals surface area contributed by atoms with Gasteiger partial charge in [-0.2, -0.15) is 5.10 Å². The third-order valence-corrected chi connectivity index (χ3v) is 5.87. The molecule has 0 unspecified atom stereocenters. The number of furan rings is 1. The van der Waals surface area contributed by atoms with Crippen molar-refractivity contribution in [3.63, 3.8) is 0 Å². The lowest BCUT2D eigenvalue weighted by Crippen LogP contribution is -2.36. The Kier molecular flexibility index (Phi) is 5.97. The number of rotatable bonds is 4. The zero-order valence-corrected chi connectivity index (χ0v) is 17.1. The first-order valence-electron chi connectivity index (χ1n) is 10.6. The number of aryl methyl sites for hydroxylation is 1. The molecule has 2 aromatic rings. The normalized spacial score (nSPS) is 18.1. The second-order valence-electron chi connectivity index (χ2n) is 8.02. The SMILES string of the molecule is Cc1c(C(=O)NC2CCCCC2)oc2c1/C(=N/NC(=O)c1ccc(F)cc1)CCC2. The van der Waals surface area contributed by atoms with Crippen LogP contribution in [0.15, 0.2) is 33.8 Å². The van der Waals surface area contributed by atoms with Gasteiger partial charge < -0.3 is 9.73 Å². The highest BCUT2D eigenvalue weighted by Gasteiger charge is 2.29. The fourth-order valence-corrected chi connectivity index (χ4v) is 4.28. The lowest BCUT2D eigenvalue weighted by atomic mass is 9.93. The van der Waals surface area contributed by atoms with Crippen molar-refractivity contribution in [3.8, 4) is 0 Å². The zero-order valence-electron chi connectivity index (χ0n) is 17.1. The fraction of sp³-hybridized carbons (Fsp3) is 0.435. The molecule has 0 saturated heterocycles. The quantitative estimate of drug-likeness (QED) is 0.738. The van der Waals surface area contributed by atoms with Crippen molar-refractivity contribution in [1.29, 1.82) is 0 Å². The molecule has 0 bridgehead atoms. The molecule has 1 aromatic carbocycles. The van der Waals surface area contributed by atoms with Crippen molar-refractivity contribution < 1.29 is 18.4 Å². The number of halogens is 1. The number of hydrogen-bond acceptors (Lipinski definition) is 4. The zero-order chi connectivity index (χ0) is 21.1. The van der Waals surface area contributed by atoms with Gasteiger partial charge >= 0.3 is 0 Å². The summed E-state index contributed by atoms with van der Waals surface area (Å²) in [7, 11) is 0. The van der Waals surface area contributed by atoms with Crippen LogP contribution in [0.5, 0.6) is 0 Å². The lowest BCUT2D eigenvalue weighted by molar-refractivity contribution is 0.0896. The minimum atomic E-state index is -0.411. The van der Waals surface area contributed by atoms with Gasteiger partial charge in [0.25, 0.3) is 11.8 Å². The predicted octanol–water partition coefficient (Wildman–Crippen LogP) is 4.26. The van der Waals surface area contributed by atoms with Crippen LogP contribution in [-0.2, 0) is 6.42 Å². The topological polar surface area (TPSA) is 83.7 Å². The number of hydrazone groups is 1. The molecule has 2 amide bonds. The Bertz CT molecular complexity index is 972. The van der Waals surface area contributed by atoms with Gasteiger partial charge in [0.2, 0.25) is 0 Å². The van der Waals surface area contributed by atoms with Crippen molar-refractivity contribution in [3.05, 3.63) is 58.3 Å². The summed E-state index contributed by atoms with van der Waals surface area (Å²) in [6.45, 7) is 1.86. The first-order valence-corrected chi connectivity index (χ1v) is 10.6. The number of hydrogen-bond donors (Lipinski definition) is 2. The summed E-state index contributed by atoms with van der Waals surface area (Å²) in [5.74, 6) is 0.0877. The number of nitrogens with one attached hydrogen (secondary N) is 2. The van der Waals surface area contributed by atoms with Crippen LogP contribution < -0.4 is 10.7 Å². The Morgan fingerprint density at radius 2 is 1.77 bits per heavy atom. The van der Waals surface area contributed by atoms with E-state index < -0.39 is 11.7 Å². The predicted molar refractivity (Wildman–Crippen MR) is 111 cm³/mol. The van der Waals surface area contributed by atoms with Crippen molar-refractivity contribution in [2.75, 3.05) is 0 Å². The van der Waals surface area contributed by atoms with Crippen LogP contribution in [0.4, 0.5) is 4.39 Å². The summed E-state index contributed by atoms with van der Waals surface area (Å²) in [6, 6.07) is 5.49. The summed E-state index contributed by atoms with van der Waals surface area (Å²) in [5, 5.41) is 7.41. The highest BCUT2D eigenvalue weighted by Crippen LogP contribution is 2.30. The average Bonchev–Trinajstić information content (AvgIpc) is 3.10. The van der Waals surface area contributed by atoms with Crippen LogP contribution in [-0.4, -0.2) is 23.6 Å². The Hall–Kier alpha value is -2.96. The van der Waals surface area contributed by atoms with E-state index >= 15 is 0 Å². The lowest BCUT2D eigenvalue weighted by Gasteiger charge is -2.22. The summed E-state index contributed by atoms with van der Waals surface area (Å²) < 4.78 is 19.0. The Morgan fingerprint density at radius 1 is 1.03 bits per heavy atom. The third-order valence-electron chi connectivity index (χ3n) is 5.87. The molecule has 2 N–H and O–H groups in total. The van der Waals surface area contributed by atoms with E-state index in [9.17, 15) is 14.0 Å². The van der Waals surface area contributed by atoms with Crippen LogP contribution in [0.1, 0.15) is 82.7 Å². The molecule has 2 aliphatic rings. The molecule has 0 atom stereocenters. The van der Waals surface area contributed by atoms with Crippen LogP contribution >= 0.6 is 0 Å².